The highest BCUT2D eigenvalue weighted by molar-refractivity contribution is 6.50. The Hall–Kier alpha value is -5.48. The third-order valence-corrected chi connectivity index (χ3v) is 6.78. The first-order chi connectivity index (χ1) is 19.7. The molecule has 0 saturated carbocycles. The molecule has 0 heterocycles. The van der Waals surface area contributed by atoms with Crippen molar-refractivity contribution in [3.8, 4) is 22.3 Å². The van der Waals surface area contributed by atoms with E-state index in [1.165, 1.54) is 22.3 Å². The van der Waals surface area contributed by atoms with Gasteiger partial charge in [-0.05, 0) is 76.9 Å². The fraction of sp³-hybridized carbons (Fsp3) is 0. The van der Waals surface area contributed by atoms with Gasteiger partial charge in [0.1, 0.15) is 5.71 Å². The average molecular weight is 517 g/mol. The molecule has 0 saturated heterocycles. The van der Waals surface area contributed by atoms with Crippen molar-refractivity contribution in [2.24, 2.45) is 5.10 Å². The van der Waals surface area contributed by atoms with Crippen molar-refractivity contribution < 1.29 is 0 Å². The first-order valence-electron chi connectivity index (χ1n) is 13.2. The van der Waals surface area contributed by atoms with Crippen molar-refractivity contribution in [1.82, 2.24) is 0 Å². The lowest BCUT2D eigenvalue weighted by Crippen LogP contribution is -2.12. The van der Waals surface area contributed by atoms with Crippen LogP contribution in [0.2, 0.25) is 0 Å². The molecule has 0 aliphatic heterocycles. The van der Waals surface area contributed by atoms with Gasteiger partial charge in [0.25, 0.3) is 0 Å². The summed E-state index contributed by atoms with van der Waals surface area (Å²) in [6.07, 6.45) is 7.28. The number of nitrogens with zero attached hydrogens (tertiary/aromatic N) is 2. The lowest BCUT2D eigenvalue weighted by molar-refractivity contribution is 1.27. The third-order valence-electron chi connectivity index (χ3n) is 6.78. The van der Waals surface area contributed by atoms with Gasteiger partial charge in [-0.15, -0.1) is 0 Å². The van der Waals surface area contributed by atoms with Gasteiger partial charge in [0.15, 0.2) is 0 Å². The minimum absolute atomic E-state index is 0.379. The first-order valence-corrected chi connectivity index (χ1v) is 13.2. The summed E-state index contributed by atoms with van der Waals surface area (Å²) in [6, 6.07) is 46.3. The van der Waals surface area contributed by atoms with Crippen LogP contribution in [0.3, 0.4) is 0 Å². The number of hydrogen-bond donors (Lipinski definition) is 2. The van der Waals surface area contributed by atoms with E-state index in [-0.39, 0.29) is 0 Å². The number of benzene rings is 5. The summed E-state index contributed by atoms with van der Waals surface area (Å²) < 4.78 is 0. The van der Waals surface area contributed by atoms with Crippen LogP contribution in [-0.4, -0.2) is 11.4 Å². The molecule has 4 nitrogen and oxygen atoms in total. The van der Waals surface area contributed by atoms with E-state index in [1.807, 2.05) is 42.5 Å². The summed E-state index contributed by atoms with van der Waals surface area (Å²) in [5.74, 6) is 0. The van der Waals surface area contributed by atoms with Gasteiger partial charge < -0.3 is 4.90 Å². The molecule has 2 N–H and O–H groups in total. The van der Waals surface area contributed by atoms with E-state index in [2.05, 4.69) is 125 Å². The van der Waals surface area contributed by atoms with Crippen LogP contribution in [0.4, 0.5) is 22.7 Å². The molecule has 0 spiro atoms. The maximum absolute atomic E-state index is 8.09. The van der Waals surface area contributed by atoms with Crippen LogP contribution in [-0.2, 0) is 0 Å². The van der Waals surface area contributed by atoms with Crippen LogP contribution in [0.15, 0.2) is 163 Å². The Morgan fingerprint density at radius 1 is 0.500 bits per heavy atom. The second-order valence-corrected chi connectivity index (χ2v) is 9.45. The van der Waals surface area contributed by atoms with E-state index < -0.39 is 0 Å². The van der Waals surface area contributed by atoms with Gasteiger partial charge >= 0.3 is 0 Å². The first kappa shape index (κ1) is 24.8. The summed E-state index contributed by atoms with van der Waals surface area (Å²) in [5.41, 5.74) is 12.8. The Balaban J connectivity index is 1.36. The smallest absolute Gasteiger partial charge is 0.108 e. The second-order valence-electron chi connectivity index (χ2n) is 9.45. The molecule has 0 bridgehead atoms. The van der Waals surface area contributed by atoms with Crippen molar-refractivity contribution in [2.45, 2.75) is 0 Å². The van der Waals surface area contributed by atoms with Crippen molar-refractivity contribution in [3.63, 3.8) is 0 Å². The molecule has 0 fully saturated rings. The zero-order chi connectivity index (χ0) is 27.1. The van der Waals surface area contributed by atoms with E-state index in [1.54, 1.807) is 6.08 Å². The fourth-order valence-corrected chi connectivity index (χ4v) is 4.72. The molecule has 0 unspecified atom stereocenters. The Labute approximate surface area is 234 Å². The number of hydrazone groups is 1. The molecule has 0 radical (unpaired) electrons. The van der Waals surface area contributed by atoms with E-state index in [0.29, 0.717) is 11.4 Å². The van der Waals surface area contributed by atoms with Gasteiger partial charge in [0.2, 0.25) is 0 Å². The Bertz CT molecular complexity index is 1620. The largest absolute Gasteiger partial charge is 0.310 e. The third kappa shape index (κ3) is 5.52. The van der Waals surface area contributed by atoms with Crippen LogP contribution in [0.25, 0.3) is 22.3 Å². The Kier molecular flexibility index (Phi) is 7.14. The minimum Gasteiger partial charge on any atom is -0.310 e. The number of hydrogen-bond acceptors (Lipinski definition) is 4. The van der Waals surface area contributed by atoms with E-state index in [4.69, 9.17) is 5.41 Å². The highest BCUT2D eigenvalue weighted by Gasteiger charge is 2.14. The Morgan fingerprint density at radius 3 is 1.57 bits per heavy atom. The van der Waals surface area contributed by atoms with E-state index >= 15 is 0 Å². The fourth-order valence-electron chi connectivity index (χ4n) is 4.72. The summed E-state index contributed by atoms with van der Waals surface area (Å²) in [7, 11) is 0. The highest BCUT2D eigenvalue weighted by atomic mass is 15.3. The van der Waals surface area contributed by atoms with Crippen molar-refractivity contribution in [3.05, 3.63) is 158 Å². The number of allylic oxidation sites excluding steroid dienone is 4. The molecule has 5 aromatic carbocycles. The van der Waals surface area contributed by atoms with Gasteiger partial charge in [-0.1, -0.05) is 103 Å². The van der Waals surface area contributed by atoms with Crippen molar-refractivity contribution in [1.29, 1.82) is 5.41 Å². The topological polar surface area (TPSA) is 51.5 Å². The number of nitrogens with one attached hydrogen (secondary N) is 2. The molecule has 1 aliphatic carbocycles. The molecular weight excluding hydrogens is 488 g/mol. The SMILES string of the molecule is N=C1C=CC=C/C1=N/Nc1cccc(N(c2ccc(-c3ccccc3)cc2)c2ccc(-c3ccccc3)cc2)c1. The predicted molar refractivity (Wildman–Crippen MR) is 169 cm³/mol. The van der Waals surface area contributed by atoms with Gasteiger partial charge in [0, 0.05) is 17.1 Å². The van der Waals surface area contributed by atoms with Crippen LogP contribution in [0.1, 0.15) is 0 Å². The molecule has 0 atom stereocenters. The van der Waals surface area contributed by atoms with Crippen LogP contribution >= 0.6 is 0 Å². The zero-order valence-corrected chi connectivity index (χ0v) is 21.9. The molecular formula is C36H28N4. The number of anilines is 4. The molecule has 4 heteroatoms. The Morgan fingerprint density at radius 2 is 1.02 bits per heavy atom. The lowest BCUT2D eigenvalue weighted by Gasteiger charge is -2.26. The van der Waals surface area contributed by atoms with Gasteiger partial charge in [-0.3, -0.25) is 10.8 Å². The van der Waals surface area contributed by atoms with E-state index in [0.717, 1.165) is 22.7 Å². The van der Waals surface area contributed by atoms with Gasteiger partial charge in [-0.25, -0.2) is 0 Å². The maximum atomic E-state index is 8.09. The van der Waals surface area contributed by atoms with E-state index in [9.17, 15) is 0 Å². The van der Waals surface area contributed by atoms with Crippen molar-refractivity contribution >= 4 is 34.2 Å². The summed E-state index contributed by atoms with van der Waals surface area (Å²) in [4.78, 5) is 2.24. The van der Waals surface area contributed by atoms with Gasteiger partial charge in [0.05, 0.1) is 11.4 Å². The zero-order valence-electron chi connectivity index (χ0n) is 21.9. The molecule has 0 aromatic heterocycles. The second kappa shape index (κ2) is 11.5. The lowest BCUT2D eigenvalue weighted by atomic mass is 10.0. The highest BCUT2D eigenvalue weighted by Crippen LogP contribution is 2.37. The van der Waals surface area contributed by atoms with Crippen molar-refractivity contribution in [2.75, 3.05) is 10.3 Å². The van der Waals surface area contributed by atoms with Gasteiger partial charge in [-0.2, -0.15) is 5.10 Å². The van der Waals surface area contributed by atoms with Crippen LogP contribution in [0, 0.1) is 5.41 Å². The van der Waals surface area contributed by atoms with Crippen LogP contribution in [0.5, 0.6) is 0 Å². The molecule has 5 aromatic rings. The summed E-state index contributed by atoms with van der Waals surface area (Å²) in [6.45, 7) is 0. The van der Waals surface area contributed by atoms with Crippen LogP contribution < -0.4 is 10.3 Å². The molecule has 192 valence electrons. The molecule has 40 heavy (non-hydrogen) atoms. The minimum atomic E-state index is 0.379. The monoisotopic (exact) mass is 516 g/mol. The average Bonchev–Trinajstić information content (AvgIpc) is 3.03. The molecule has 0 amide bonds. The molecule has 1 aliphatic rings. The molecule has 6 rings (SSSR count). The normalized spacial score (nSPS) is 13.4. The standard InChI is InChI=1S/C36H28N4/c37-35-16-7-8-17-36(35)39-38-31-14-9-15-34(26-31)40(32-22-18-29(19-23-32)27-10-3-1-4-11-27)33-24-20-30(21-25-33)28-12-5-2-6-13-28/h1-26,37-38H/b37-35?,39-36-. The predicted octanol–water partition coefficient (Wildman–Crippen LogP) is 9.40. The number of rotatable bonds is 7. The summed E-state index contributed by atoms with van der Waals surface area (Å²) in [5, 5.41) is 12.5. The maximum Gasteiger partial charge on any atom is 0.108 e. The quantitative estimate of drug-likeness (QED) is 0.167. The summed E-state index contributed by atoms with van der Waals surface area (Å²) >= 11 is 0.